The molecule has 23 heavy (non-hydrogen) atoms. The highest BCUT2D eigenvalue weighted by atomic mass is 32.2. The average molecular weight is 343 g/mol. The van der Waals surface area contributed by atoms with E-state index in [1.54, 1.807) is 0 Å². The number of aryl methyl sites for hydroxylation is 1. The van der Waals surface area contributed by atoms with E-state index in [0.717, 1.165) is 50.3 Å². The Hall–Kier alpha value is -1.28. The summed E-state index contributed by atoms with van der Waals surface area (Å²) in [5.74, 6) is 2.56. The maximum Gasteiger partial charge on any atom is 0.191 e. The Balaban J connectivity index is 2.54. The van der Waals surface area contributed by atoms with Gasteiger partial charge in [0.1, 0.15) is 12.4 Å². The van der Waals surface area contributed by atoms with Gasteiger partial charge in [0.15, 0.2) is 11.8 Å². The summed E-state index contributed by atoms with van der Waals surface area (Å²) in [6, 6.07) is 0. The highest BCUT2D eigenvalue weighted by Gasteiger charge is 2.06. The number of aromatic nitrogens is 3. The largest absolute Gasteiger partial charge is 0.382 e. The molecule has 1 unspecified atom stereocenters. The molecular weight excluding hydrogens is 312 g/mol. The van der Waals surface area contributed by atoms with Gasteiger partial charge < -0.3 is 19.9 Å². The van der Waals surface area contributed by atoms with Gasteiger partial charge in [0, 0.05) is 38.6 Å². The van der Waals surface area contributed by atoms with Crippen LogP contribution >= 0.6 is 11.8 Å². The summed E-state index contributed by atoms with van der Waals surface area (Å²) in [7, 11) is 1.96. The van der Waals surface area contributed by atoms with E-state index in [1.807, 2.05) is 37.2 Å². The molecule has 1 heterocycles. The van der Waals surface area contributed by atoms with Crippen molar-refractivity contribution in [1.29, 1.82) is 0 Å². The Labute approximate surface area is 143 Å². The molecule has 0 bridgehead atoms. The summed E-state index contributed by atoms with van der Waals surface area (Å²) >= 11 is 1.83. The quantitative estimate of drug-likeness (QED) is 0.380. The summed E-state index contributed by atoms with van der Waals surface area (Å²) in [6.07, 6.45) is 3.07. The molecular formula is C15H30N6OS. The van der Waals surface area contributed by atoms with Crippen LogP contribution in [0.25, 0.3) is 0 Å². The van der Waals surface area contributed by atoms with Gasteiger partial charge in [-0.1, -0.05) is 6.92 Å². The number of thioether (sulfide) groups is 1. The van der Waals surface area contributed by atoms with Gasteiger partial charge in [-0.2, -0.15) is 11.8 Å². The summed E-state index contributed by atoms with van der Waals surface area (Å²) in [5, 5.41) is 15.5. The van der Waals surface area contributed by atoms with Crippen molar-refractivity contribution in [3.05, 3.63) is 11.6 Å². The van der Waals surface area contributed by atoms with Crippen LogP contribution in [0, 0.1) is 6.92 Å². The van der Waals surface area contributed by atoms with Gasteiger partial charge in [-0.15, -0.1) is 10.2 Å². The number of rotatable bonds is 10. The lowest BCUT2D eigenvalue weighted by Crippen LogP contribution is -2.40. The smallest absolute Gasteiger partial charge is 0.191 e. The molecule has 0 aliphatic heterocycles. The van der Waals surface area contributed by atoms with Crippen LogP contribution < -0.4 is 10.6 Å². The molecule has 1 rings (SSSR count). The topological polar surface area (TPSA) is 76.4 Å². The molecule has 1 atom stereocenters. The molecule has 0 saturated carbocycles. The van der Waals surface area contributed by atoms with Gasteiger partial charge >= 0.3 is 0 Å². The molecule has 8 heteroatoms. The second kappa shape index (κ2) is 11.3. The molecule has 2 N–H and O–H groups in total. The number of guanidine groups is 1. The van der Waals surface area contributed by atoms with E-state index < -0.39 is 0 Å². The Morgan fingerprint density at radius 2 is 2.17 bits per heavy atom. The van der Waals surface area contributed by atoms with Gasteiger partial charge in [-0.05, 0) is 26.5 Å². The minimum absolute atomic E-state index is 0.506. The average Bonchev–Trinajstić information content (AvgIpc) is 2.87. The first-order valence-electron chi connectivity index (χ1n) is 8.06. The Bertz CT molecular complexity index is 477. The number of hydrogen-bond acceptors (Lipinski definition) is 5. The molecule has 0 aliphatic carbocycles. The standard InChI is InChI=1S/C15H30N6OS/c1-6-22-9-7-8-16-15(17-10-12(2)23-5)18-11-14-20-19-13(3)21(14)4/h12H,6-11H2,1-5H3,(H2,16,17,18). The monoisotopic (exact) mass is 342 g/mol. The fourth-order valence-corrected chi connectivity index (χ4v) is 2.01. The number of ether oxygens (including phenoxy) is 1. The summed E-state index contributed by atoms with van der Waals surface area (Å²) in [4.78, 5) is 4.61. The van der Waals surface area contributed by atoms with Gasteiger partial charge in [0.05, 0.1) is 0 Å². The number of nitrogens with zero attached hydrogens (tertiary/aromatic N) is 4. The predicted octanol–water partition coefficient (Wildman–Crippen LogP) is 1.34. The van der Waals surface area contributed by atoms with Crippen LogP contribution in [0.1, 0.15) is 31.9 Å². The van der Waals surface area contributed by atoms with Crippen LogP contribution in [0.3, 0.4) is 0 Å². The number of hydrogen-bond donors (Lipinski definition) is 2. The van der Waals surface area contributed by atoms with E-state index in [1.165, 1.54) is 0 Å². The highest BCUT2D eigenvalue weighted by molar-refractivity contribution is 7.99. The lowest BCUT2D eigenvalue weighted by molar-refractivity contribution is 0.145. The summed E-state index contributed by atoms with van der Waals surface area (Å²) < 4.78 is 7.31. The van der Waals surface area contributed by atoms with Crippen molar-refractivity contribution in [1.82, 2.24) is 25.4 Å². The van der Waals surface area contributed by atoms with E-state index in [0.29, 0.717) is 11.8 Å². The minimum Gasteiger partial charge on any atom is -0.382 e. The molecule has 0 saturated heterocycles. The van der Waals surface area contributed by atoms with Crippen molar-refractivity contribution < 1.29 is 4.74 Å². The Morgan fingerprint density at radius 1 is 1.39 bits per heavy atom. The molecule has 1 aromatic heterocycles. The van der Waals surface area contributed by atoms with Crippen molar-refractivity contribution in [2.75, 3.05) is 32.6 Å². The zero-order chi connectivity index (χ0) is 17.1. The van der Waals surface area contributed by atoms with Gasteiger partial charge in [-0.25, -0.2) is 4.99 Å². The van der Waals surface area contributed by atoms with Crippen molar-refractivity contribution in [2.45, 2.75) is 39.0 Å². The third kappa shape index (κ3) is 7.69. The van der Waals surface area contributed by atoms with Crippen LogP contribution in [0.15, 0.2) is 4.99 Å². The summed E-state index contributed by atoms with van der Waals surface area (Å²) in [5.41, 5.74) is 0. The van der Waals surface area contributed by atoms with E-state index in [4.69, 9.17) is 4.74 Å². The van der Waals surface area contributed by atoms with Crippen LogP contribution in [0.5, 0.6) is 0 Å². The highest BCUT2D eigenvalue weighted by Crippen LogP contribution is 2.03. The number of aliphatic imine (C=N–C) groups is 1. The third-order valence-corrected chi connectivity index (χ3v) is 4.45. The van der Waals surface area contributed by atoms with Gasteiger partial charge in [-0.3, -0.25) is 0 Å². The molecule has 132 valence electrons. The lowest BCUT2D eigenvalue weighted by Gasteiger charge is -2.15. The lowest BCUT2D eigenvalue weighted by atomic mass is 10.4. The maximum absolute atomic E-state index is 5.35. The first-order chi connectivity index (χ1) is 11.1. The first kappa shape index (κ1) is 19.8. The molecule has 0 aliphatic rings. The SMILES string of the molecule is CCOCCCNC(=NCc1nnc(C)n1C)NCC(C)SC. The molecule has 0 spiro atoms. The third-order valence-electron chi connectivity index (χ3n) is 3.48. The predicted molar refractivity (Wildman–Crippen MR) is 97.0 cm³/mol. The molecule has 0 radical (unpaired) electrons. The molecule has 0 aromatic carbocycles. The Morgan fingerprint density at radius 3 is 2.78 bits per heavy atom. The molecule has 1 aromatic rings. The van der Waals surface area contributed by atoms with E-state index in [2.05, 4.69) is 39.0 Å². The van der Waals surface area contributed by atoms with Crippen molar-refractivity contribution in [3.63, 3.8) is 0 Å². The van der Waals surface area contributed by atoms with Crippen LogP contribution in [0.2, 0.25) is 0 Å². The van der Waals surface area contributed by atoms with E-state index in [-0.39, 0.29) is 0 Å². The second-order valence-corrected chi connectivity index (χ2v) is 6.57. The summed E-state index contributed by atoms with van der Waals surface area (Å²) in [6.45, 7) is 9.87. The van der Waals surface area contributed by atoms with Crippen molar-refractivity contribution >= 4 is 17.7 Å². The maximum atomic E-state index is 5.35. The molecule has 0 fully saturated rings. The molecule has 0 amide bonds. The Kier molecular flexibility index (Phi) is 9.70. The van der Waals surface area contributed by atoms with Crippen molar-refractivity contribution in [2.24, 2.45) is 12.0 Å². The van der Waals surface area contributed by atoms with Gasteiger partial charge in [0.25, 0.3) is 0 Å². The second-order valence-electron chi connectivity index (χ2n) is 5.29. The van der Waals surface area contributed by atoms with E-state index in [9.17, 15) is 0 Å². The van der Waals surface area contributed by atoms with E-state index >= 15 is 0 Å². The van der Waals surface area contributed by atoms with Crippen LogP contribution in [0.4, 0.5) is 0 Å². The zero-order valence-corrected chi connectivity index (χ0v) is 15.7. The van der Waals surface area contributed by atoms with Crippen LogP contribution in [-0.2, 0) is 18.3 Å². The molecule has 7 nitrogen and oxygen atoms in total. The fourth-order valence-electron chi connectivity index (χ4n) is 1.76. The fraction of sp³-hybridized carbons (Fsp3) is 0.800. The van der Waals surface area contributed by atoms with Crippen molar-refractivity contribution in [3.8, 4) is 0 Å². The van der Waals surface area contributed by atoms with Crippen LogP contribution in [-0.4, -0.2) is 58.5 Å². The minimum atomic E-state index is 0.506. The number of nitrogens with one attached hydrogen (secondary N) is 2. The normalized spacial score (nSPS) is 13.2. The van der Waals surface area contributed by atoms with Gasteiger partial charge in [0.2, 0.25) is 0 Å². The zero-order valence-electron chi connectivity index (χ0n) is 14.9. The first-order valence-corrected chi connectivity index (χ1v) is 9.34.